The molecular weight excluding hydrogens is 372 g/mol. The second-order valence-electron chi connectivity index (χ2n) is 6.73. The molecule has 0 unspecified atom stereocenters. The number of ether oxygens (including phenoxy) is 3. The maximum atomic E-state index is 12.3. The highest BCUT2D eigenvalue weighted by molar-refractivity contribution is 5.96. The molecule has 2 N–H and O–H groups in total. The smallest absolute Gasteiger partial charge is 0.276 e. The lowest BCUT2D eigenvalue weighted by Gasteiger charge is -2.13. The molecule has 2 aromatic carbocycles. The normalized spacial score (nSPS) is 10.4. The van der Waals surface area contributed by atoms with Crippen molar-refractivity contribution < 1.29 is 23.8 Å². The van der Waals surface area contributed by atoms with Crippen LogP contribution in [-0.2, 0) is 4.79 Å². The first kappa shape index (κ1) is 22.1. The highest BCUT2D eigenvalue weighted by Crippen LogP contribution is 2.28. The Kier molecular flexibility index (Phi) is 8.33. The van der Waals surface area contributed by atoms with E-state index in [9.17, 15) is 9.59 Å². The Bertz CT molecular complexity index is 836. The van der Waals surface area contributed by atoms with Gasteiger partial charge >= 0.3 is 0 Å². The van der Waals surface area contributed by atoms with Crippen LogP contribution in [0, 0.1) is 0 Å². The average Bonchev–Trinajstić information content (AvgIpc) is 2.74. The molecule has 0 bridgehead atoms. The summed E-state index contributed by atoms with van der Waals surface area (Å²) in [6.07, 6.45) is 0.862. The largest absolute Gasteiger partial charge is 0.493 e. The second kappa shape index (κ2) is 10.9. The maximum absolute atomic E-state index is 12.3. The molecule has 0 aromatic heterocycles. The van der Waals surface area contributed by atoms with E-state index >= 15 is 0 Å². The van der Waals surface area contributed by atoms with Gasteiger partial charge in [0.2, 0.25) is 0 Å². The molecule has 156 valence electrons. The van der Waals surface area contributed by atoms with Gasteiger partial charge in [0, 0.05) is 5.56 Å². The Morgan fingerprint density at radius 3 is 2.48 bits per heavy atom. The van der Waals surface area contributed by atoms with Crippen molar-refractivity contribution in [3.8, 4) is 17.2 Å². The highest BCUT2D eigenvalue weighted by atomic mass is 16.5. The molecular formula is C22H28N2O5. The first-order chi connectivity index (χ1) is 13.9. The van der Waals surface area contributed by atoms with Crippen LogP contribution in [0.1, 0.15) is 49.0 Å². The summed E-state index contributed by atoms with van der Waals surface area (Å²) in [6.45, 7) is 6.51. The topological polar surface area (TPSA) is 85.9 Å². The number of hydrazine groups is 1. The van der Waals surface area contributed by atoms with Crippen LogP contribution in [0.3, 0.4) is 0 Å². The van der Waals surface area contributed by atoms with Gasteiger partial charge in [0.15, 0.2) is 18.1 Å². The summed E-state index contributed by atoms with van der Waals surface area (Å²) in [6, 6.07) is 12.4. The Morgan fingerprint density at radius 2 is 1.79 bits per heavy atom. The molecule has 2 aromatic rings. The molecule has 0 aliphatic rings. The second-order valence-corrected chi connectivity index (χ2v) is 6.73. The van der Waals surface area contributed by atoms with E-state index in [0.717, 1.165) is 12.0 Å². The third-order valence-corrected chi connectivity index (χ3v) is 4.10. The van der Waals surface area contributed by atoms with E-state index < -0.39 is 11.8 Å². The summed E-state index contributed by atoms with van der Waals surface area (Å²) in [7, 11) is 1.50. The predicted octanol–water partition coefficient (Wildman–Crippen LogP) is 3.45. The van der Waals surface area contributed by atoms with Gasteiger partial charge in [0.25, 0.3) is 11.8 Å². The lowest BCUT2D eigenvalue weighted by Crippen LogP contribution is -2.43. The Hall–Kier alpha value is -3.22. The zero-order valence-electron chi connectivity index (χ0n) is 17.3. The number of rotatable bonds is 9. The van der Waals surface area contributed by atoms with Crippen molar-refractivity contribution in [2.45, 2.75) is 33.1 Å². The monoisotopic (exact) mass is 400 g/mol. The highest BCUT2D eigenvalue weighted by Gasteiger charge is 2.12. The van der Waals surface area contributed by atoms with Gasteiger partial charge in [-0.2, -0.15) is 0 Å². The molecule has 2 rings (SSSR count). The van der Waals surface area contributed by atoms with Crippen molar-refractivity contribution >= 4 is 11.8 Å². The minimum atomic E-state index is -0.472. The molecule has 0 aliphatic carbocycles. The van der Waals surface area contributed by atoms with Crippen molar-refractivity contribution in [3.05, 3.63) is 53.6 Å². The Labute approximate surface area is 171 Å². The SMILES string of the molecule is CCCOc1ccc(C(=O)NNC(=O)COc2cccc(C(C)C)c2)cc1OC. The van der Waals surface area contributed by atoms with Gasteiger partial charge in [-0.25, -0.2) is 0 Å². The first-order valence-corrected chi connectivity index (χ1v) is 9.57. The standard InChI is InChI=1S/C22H28N2O5/c1-5-11-28-19-10-9-17(13-20(19)27-4)22(26)24-23-21(25)14-29-18-8-6-7-16(12-18)15(2)3/h6-10,12-13,15H,5,11,14H2,1-4H3,(H,23,25)(H,24,26). The van der Waals surface area contributed by atoms with Gasteiger partial charge in [-0.1, -0.05) is 32.9 Å². The fraction of sp³-hybridized carbons (Fsp3) is 0.364. The lowest BCUT2D eigenvalue weighted by atomic mass is 10.0. The van der Waals surface area contributed by atoms with Crippen molar-refractivity contribution in [3.63, 3.8) is 0 Å². The lowest BCUT2D eigenvalue weighted by molar-refractivity contribution is -0.123. The summed E-state index contributed by atoms with van der Waals surface area (Å²) in [5, 5.41) is 0. The molecule has 0 saturated heterocycles. The predicted molar refractivity (Wildman–Crippen MR) is 110 cm³/mol. The molecule has 0 atom stereocenters. The molecule has 0 fully saturated rings. The van der Waals surface area contributed by atoms with E-state index in [0.29, 0.717) is 35.3 Å². The summed E-state index contributed by atoms with van der Waals surface area (Å²) in [5.74, 6) is 1.04. The van der Waals surface area contributed by atoms with Crippen LogP contribution >= 0.6 is 0 Å². The van der Waals surface area contributed by atoms with Crippen molar-refractivity contribution in [1.82, 2.24) is 10.9 Å². The van der Waals surface area contributed by atoms with Crippen molar-refractivity contribution in [2.24, 2.45) is 0 Å². The fourth-order valence-electron chi connectivity index (χ4n) is 2.49. The molecule has 0 heterocycles. The van der Waals surface area contributed by atoms with Crippen LogP contribution in [0.15, 0.2) is 42.5 Å². The third kappa shape index (κ3) is 6.71. The summed E-state index contributed by atoms with van der Waals surface area (Å²) in [4.78, 5) is 24.2. The molecule has 0 spiro atoms. The molecule has 0 radical (unpaired) electrons. The van der Waals surface area contributed by atoms with Gasteiger partial charge in [0.1, 0.15) is 5.75 Å². The van der Waals surface area contributed by atoms with Gasteiger partial charge < -0.3 is 14.2 Å². The van der Waals surface area contributed by atoms with Crippen LogP contribution in [-0.4, -0.2) is 32.1 Å². The number of benzene rings is 2. The van der Waals surface area contributed by atoms with E-state index in [1.165, 1.54) is 7.11 Å². The molecule has 7 nitrogen and oxygen atoms in total. The van der Waals surface area contributed by atoms with E-state index in [1.54, 1.807) is 24.3 Å². The third-order valence-electron chi connectivity index (χ3n) is 4.10. The van der Waals surface area contributed by atoms with Gasteiger partial charge in [-0.05, 0) is 48.2 Å². The van der Waals surface area contributed by atoms with E-state index in [4.69, 9.17) is 14.2 Å². The van der Waals surface area contributed by atoms with Crippen LogP contribution in [0.2, 0.25) is 0 Å². The van der Waals surface area contributed by atoms with E-state index in [-0.39, 0.29) is 6.61 Å². The van der Waals surface area contributed by atoms with Crippen molar-refractivity contribution in [1.29, 1.82) is 0 Å². The number of carbonyl (C=O) groups excluding carboxylic acids is 2. The van der Waals surface area contributed by atoms with Crippen LogP contribution in [0.5, 0.6) is 17.2 Å². The molecule has 29 heavy (non-hydrogen) atoms. The minimum Gasteiger partial charge on any atom is -0.493 e. The maximum Gasteiger partial charge on any atom is 0.276 e. The summed E-state index contributed by atoms with van der Waals surface area (Å²) >= 11 is 0. The fourth-order valence-corrected chi connectivity index (χ4v) is 2.49. The van der Waals surface area contributed by atoms with Crippen LogP contribution in [0.25, 0.3) is 0 Å². The number of carbonyl (C=O) groups is 2. The van der Waals surface area contributed by atoms with Crippen molar-refractivity contribution in [2.75, 3.05) is 20.3 Å². The minimum absolute atomic E-state index is 0.213. The first-order valence-electron chi connectivity index (χ1n) is 9.57. The van der Waals surface area contributed by atoms with Gasteiger partial charge in [0.05, 0.1) is 13.7 Å². The van der Waals surface area contributed by atoms with Crippen LogP contribution in [0.4, 0.5) is 0 Å². The zero-order chi connectivity index (χ0) is 21.2. The summed E-state index contributed by atoms with van der Waals surface area (Å²) in [5.41, 5.74) is 6.16. The van der Waals surface area contributed by atoms with E-state index in [1.807, 2.05) is 25.1 Å². The number of amides is 2. The molecule has 2 amide bonds. The van der Waals surface area contributed by atoms with Crippen LogP contribution < -0.4 is 25.1 Å². The number of hydrogen-bond acceptors (Lipinski definition) is 5. The molecule has 7 heteroatoms. The average molecular weight is 400 g/mol. The van der Waals surface area contributed by atoms with Gasteiger partial charge in [-0.15, -0.1) is 0 Å². The number of nitrogens with one attached hydrogen (secondary N) is 2. The van der Waals surface area contributed by atoms with E-state index in [2.05, 4.69) is 24.7 Å². The Morgan fingerprint density at radius 1 is 1.00 bits per heavy atom. The quantitative estimate of drug-likeness (QED) is 0.630. The molecule has 0 saturated carbocycles. The number of methoxy groups -OCH3 is 1. The number of hydrogen-bond donors (Lipinski definition) is 2. The zero-order valence-corrected chi connectivity index (χ0v) is 17.3. The Balaban J connectivity index is 1.86. The summed E-state index contributed by atoms with van der Waals surface area (Å²) < 4.78 is 16.3. The molecule has 0 aliphatic heterocycles. The van der Waals surface area contributed by atoms with Gasteiger partial charge in [-0.3, -0.25) is 20.4 Å².